The second kappa shape index (κ2) is 5.90. The molecule has 1 aliphatic carbocycles. The molecule has 0 unspecified atom stereocenters. The summed E-state index contributed by atoms with van der Waals surface area (Å²) in [6.45, 7) is 1.77. The number of nitrogens with one attached hydrogen (secondary N) is 2. The van der Waals surface area contributed by atoms with Crippen molar-refractivity contribution < 1.29 is 19.1 Å². The summed E-state index contributed by atoms with van der Waals surface area (Å²) >= 11 is 0. The fourth-order valence-electron chi connectivity index (χ4n) is 2.41. The Morgan fingerprint density at radius 3 is 2.75 bits per heavy atom. The molecular formula is C14H17FN2O3. The van der Waals surface area contributed by atoms with E-state index in [2.05, 4.69) is 10.6 Å². The monoisotopic (exact) mass is 280 g/mol. The minimum atomic E-state index is -0.823. The minimum absolute atomic E-state index is 0.148. The Hall–Kier alpha value is -2.11. The lowest BCUT2D eigenvalue weighted by Gasteiger charge is -2.14. The SMILES string of the molecule is Cc1ccc(F)cc1NC(=O)N[C@H]1CC[C@@H](C(=O)O)C1. The lowest BCUT2D eigenvalue weighted by atomic mass is 10.1. The molecule has 2 rings (SSSR count). The molecule has 20 heavy (non-hydrogen) atoms. The van der Waals surface area contributed by atoms with Gasteiger partial charge in [-0.3, -0.25) is 4.79 Å². The number of benzene rings is 1. The number of hydrogen-bond donors (Lipinski definition) is 3. The highest BCUT2D eigenvalue weighted by Crippen LogP contribution is 2.25. The zero-order valence-corrected chi connectivity index (χ0v) is 11.1. The molecule has 1 aromatic carbocycles. The predicted molar refractivity (Wildman–Crippen MR) is 72.1 cm³/mol. The maximum Gasteiger partial charge on any atom is 0.319 e. The van der Waals surface area contributed by atoms with Crippen molar-refractivity contribution in [2.75, 3.05) is 5.32 Å². The van der Waals surface area contributed by atoms with E-state index in [4.69, 9.17) is 5.11 Å². The highest BCUT2D eigenvalue weighted by Gasteiger charge is 2.30. The summed E-state index contributed by atoms with van der Waals surface area (Å²) in [6.07, 6.45) is 1.65. The molecule has 0 bridgehead atoms. The van der Waals surface area contributed by atoms with Crippen molar-refractivity contribution in [2.45, 2.75) is 32.2 Å². The predicted octanol–water partition coefficient (Wildman–Crippen LogP) is 2.51. The van der Waals surface area contributed by atoms with Crippen LogP contribution in [0.2, 0.25) is 0 Å². The lowest BCUT2D eigenvalue weighted by Crippen LogP contribution is -2.36. The second-order valence-corrected chi connectivity index (χ2v) is 5.10. The summed E-state index contributed by atoms with van der Waals surface area (Å²) in [6, 6.07) is 3.58. The van der Waals surface area contributed by atoms with Gasteiger partial charge in [0.05, 0.1) is 5.92 Å². The Morgan fingerprint density at radius 1 is 1.35 bits per heavy atom. The molecule has 2 amide bonds. The summed E-state index contributed by atoms with van der Waals surface area (Å²) in [5, 5.41) is 14.2. The van der Waals surface area contributed by atoms with Crippen LogP contribution in [0.1, 0.15) is 24.8 Å². The van der Waals surface area contributed by atoms with Gasteiger partial charge in [0.1, 0.15) is 5.82 Å². The number of aryl methyl sites for hydroxylation is 1. The first-order valence-corrected chi connectivity index (χ1v) is 6.52. The number of anilines is 1. The third kappa shape index (κ3) is 3.46. The fourth-order valence-corrected chi connectivity index (χ4v) is 2.41. The molecule has 0 spiro atoms. The van der Waals surface area contributed by atoms with E-state index < -0.39 is 23.7 Å². The molecule has 1 fully saturated rings. The maximum atomic E-state index is 13.1. The van der Waals surface area contributed by atoms with Crippen molar-refractivity contribution in [2.24, 2.45) is 5.92 Å². The lowest BCUT2D eigenvalue weighted by molar-refractivity contribution is -0.141. The zero-order valence-electron chi connectivity index (χ0n) is 11.1. The molecule has 3 N–H and O–H groups in total. The van der Waals surface area contributed by atoms with Crippen LogP contribution >= 0.6 is 0 Å². The van der Waals surface area contributed by atoms with Gasteiger partial charge in [-0.2, -0.15) is 0 Å². The fraction of sp³-hybridized carbons (Fsp3) is 0.429. The Morgan fingerprint density at radius 2 is 2.10 bits per heavy atom. The molecule has 6 heteroatoms. The third-order valence-electron chi connectivity index (χ3n) is 3.56. The van der Waals surface area contributed by atoms with E-state index in [1.54, 1.807) is 13.0 Å². The number of aliphatic carboxylic acids is 1. The molecule has 0 saturated heterocycles. The van der Waals surface area contributed by atoms with Crippen LogP contribution in [0.15, 0.2) is 18.2 Å². The number of carbonyl (C=O) groups is 2. The number of hydrogen-bond acceptors (Lipinski definition) is 2. The molecule has 1 aromatic rings. The summed E-state index contributed by atoms with van der Waals surface area (Å²) in [4.78, 5) is 22.7. The minimum Gasteiger partial charge on any atom is -0.481 e. The quantitative estimate of drug-likeness (QED) is 0.796. The Bertz CT molecular complexity index is 533. The van der Waals surface area contributed by atoms with Gasteiger partial charge in [-0.05, 0) is 43.9 Å². The van der Waals surface area contributed by atoms with Crippen LogP contribution in [-0.4, -0.2) is 23.1 Å². The summed E-state index contributed by atoms with van der Waals surface area (Å²) in [5.74, 6) is -1.63. The van der Waals surface area contributed by atoms with Crippen LogP contribution < -0.4 is 10.6 Å². The average molecular weight is 280 g/mol. The van der Waals surface area contributed by atoms with Crippen LogP contribution in [0.3, 0.4) is 0 Å². The van der Waals surface area contributed by atoms with Gasteiger partial charge in [0.15, 0.2) is 0 Å². The molecule has 0 aliphatic heterocycles. The van der Waals surface area contributed by atoms with Crippen LogP contribution in [0, 0.1) is 18.7 Å². The van der Waals surface area contributed by atoms with E-state index in [9.17, 15) is 14.0 Å². The van der Waals surface area contributed by atoms with Crippen molar-refractivity contribution in [3.8, 4) is 0 Å². The maximum absolute atomic E-state index is 13.1. The molecule has 2 atom stereocenters. The smallest absolute Gasteiger partial charge is 0.319 e. The largest absolute Gasteiger partial charge is 0.481 e. The molecule has 0 heterocycles. The second-order valence-electron chi connectivity index (χ2n) is 5.10. The van der Waals surface area contributed by atoms with Gasteiger partial charge in [0, 0.05) is 11.7 Å². The number of carboxylic acids is 1. The Labute approximate surface area is 116 Å². The molecular weight excluding hydrogens is 263 g/mol. The number of halogens is 1. The van der Waals surface area contributed by atoms with Gasteiger partial charge in [-0.1, -0.05) is 6.07 Å². The number of rotatable bonds is 3. The van der Waals surface area contributed by atoms with E-state index in [1.807, 2.05) is 0 Å². The zero-order chi connectivity index (χ0) is 14.7. The highest BCUT2D eigenvalue weighted by atomic mass is 19.1. The first-order chi connectivity index (χ1) is 9.45. The van der Waals surface area contributed by atoms with E-state index >= 15 is 0 Å². The van der Waals surface area contributed by atoms with Gasteiger partial charge >= 0.3 is 12.0 Å². The molecule has 1 saturated carbocycles. The van der Waals surface area contributed by atoms with Crippen molar-refractivity contribution >= 4 is 17.7 Å². The summed E-state index contributed by atoms with van der Waals surface area (Å²) in [5.41, 5.74) is 1.17. The Kier molecular flexibility index (Phi) is 4.22. The topological polar surface area (TPSA) is 78.4 Å². The standard InChI is InChI=1S/C14H17FN2O3/c1-8-2-4-10(15)7-12(8)17-14(20)16-11-5-3-9(6-11)13(18)19/h2,4,7,9,11H,3,5-6H2,1H3,(H,18,19)(H2,16,17,20)/t9-,11+/m1/s1. The van der Waals surface area contributed by atoms with E-state index in [0.717, 1.165) is 5.56 Å². The first-order valence-electron chi connectivity index (χ1n) is 6.52. The summed E-state index contributed by atoms with van der Waals surface area (Å²) in [7, 11) is 0. The van der Waals surface area contributed by atoms with E-state index in [0.29, 0.717) is 24.9 Å². The molecule has 0 radical (unpaired) electrons. The van der Waals surface area contributed by atoms with Crippen molar-refractivity contribution in [3.05, 3.63) is 29.6 Å². The van der Waals surface area contributed by atoms with Crippen LogP contribution in [-0.2, 0) is 4.79 Å². The number of amides is 2. The van der Waals surface area contributed by atoms with Crippen LogP contribution in [0.25, 0.3) is 0 Å². The normalized spacial score (nSPS) is 21.5. The third-order valence-corrected chi connectivity index (χ3v) is 3.56. The number of carboxylic acid groups (broad SMARTS) is 1. The molecule has 0 aromatic heterocycles. The van der Waals surface area contributed by atoms with Crippen molar-refractivity contribution in [1.29, 1.82) is 0 Å². The van der Waals surface area contributed by atoms with Crippen molar-refractivity contribution in [1.82, 2.24) is 5.32 Å². The van der Waals surface area contributed by atoms with Gasteiger partial charge in [0.25, 0.3) is 0 Å². The van der Waals surface area contributed by atoms with Gasteiger partial charge in [0.2, 0.25) is 0 Å². The van der Waals surface area contributed by atoms with Crippen LogP contribution in [0.4, 0.5) is 14.9 Å². The average Bonchev–Trinajstić information content (AvgIpc) is 2.82. The molecule has 1 aliphatic rings. The van der Waals surface area contributed by atoms with Crippen molar-refractivity contribution in [3.63, 3.8) is 0 Å². The Balaban J connectivity index is 1.90. The molecule has 5 nitrogen and oxygen atoms in total. The molecule has 108 valence electrons. The summed E-state index contributed by atoms with van der Waals surface area (Å²) < 4.78 is 13.1. The van der Waals surface area contributed by atoms with Gasteiger partial charge in [-0.15, -0.1) is 0 Å². The van der Waals surface area contributed by atoms with Gasteiger partial charge in [-0.25, -0.2) is 9.18 Å². The number of carbonyl (C=O) groups excluding carboxylic acids is 1. The van der Waals surface area contributed by atoms with Gasteiger partial charge < -0.3 is 15.7 Å². The highest BCUT2D eigenvalue weighted by molar-refractivity contribution is 5.90. The first kappa shape index (κ1) is 14.3. The van der Waals surface area contributed by atoms with Crippen LogP contribution in [0.5, 0.6) is 0 Å². The van der Waals surface area contributed by atoms with E-state index in [-0.39, 0.29) is 6.04 Å². The van der Waals surface area contributed by atoms with E-state index in [1.165, 1.54) is 12.1 Å². The number of urea groups is 1.